The van der Waals surface area contributed by atoms with E-state index in [0.29, 0.717) is 5.71 Å². The van der Waals surface area contributed by atoms with Gasteiger partial charge >= 0.3 is 0 Å². The van der Waals surface area contributed by atoms with E-state index < -0.39 is 0 Å². The van der Waals surface area contributed by atoms with Gasteiger partial charge in [-0.25, -0.2) is 9.97 Å². The summed E-state index contributed by atoms with van der Waals surface area (Å²) in [5.74, 6) is 0. The second-order valence-corrected chi connectivity index (χ2v) is 5.12. The molecule has 0 unspecified atom stereocenters. The van der Waals surface area contributed by atoms with Crippen molar-refractivity contribution in [2.24, 2.45) is 0 Å². The summed E-state index contributed by atoms with van der Waals surface area (Å²) in [7, 11) is 0. The van der Waals surface area contributed by atoms with Crippen molar-refractivity contribution in [1.29, 1.82) is 10.8 Å². The van der Waals surface area contributed by atoms with Crippen LogP contribution in [0.4, 0.5) is 0 Å². The quantitative estimate of drug-likeness (QED) is 0.544. The first-order valence-corrected chi connectivity index (χ1v) is 8.94. The Hall–Kier alpha value is -2.88. The van der Waals surface area contributed by atoms with Crippen molar-refractivity contribution in [3.63, 3.8) is 0 Å². The molecule has 2 heterocycles. The van der Waals surface area contributed by atoms with Crippen LogP contribution in [-0.2, 0) is 0 Å². The van der Waals surface area contributed by atoms with Crippen molar-refractivity contribution in [2.75, 3.05) is 0 Å². The number of rotatable bonds is 2. The first-order valence-electron chi connectivity index (χ1n) is 8.94. The molecule has 1 aromatic carbocycles. The van der Waals surface area contributed by atoms with Crippen molar-refractivity contribution in [2.45, 2.75) is 41.0 Å². The zero-order valence-electron chi connectivity index (χ0n) is 16.5. The lowest BCUT2D eigenvalue weighted by Crippen LogP contribution is -1.97. The third-order valence-electron chi connectivity index (χ3n) is 2.90. The fourth-order valence-electron chi connectivity index (χ4n) is 1.87. The molecule has 0 fully saturated rings. The lowest BCUT2D eigenvalue weighted by molar-refractivity contribution is 1.09. The molecule has 4 nitrogen and oxygen atoms in total. The summed E-state index contributed by atoms with van der Waals surface area (Å²) in [6.07, 6.45) is 6.01. The second-order valence-electron chi connectivity index (χ2n) is 5.12. The number of nitrogens with zero attached hydrogens (tertiary/aromatic N) is 2. The Morgan fingerprint density at radius 3 is 1.81 bits per heavy atom. The molecule has 0 saturated heterocycles. The largest absolute Gasteiger partial charge is 0.308 e. The van der Waals surface area contributed by atoms with Crippen LogP contribution >= 0.6 is 0 Å². The van der Waals surface area contributed by atoms with Crippen LogP contribution in [0.1, 0.15) is 52.2 Å². The first kappa shape index (κ1) is 23.1. The summed E-state index contributed by atoms with van der Waals surface area (Å²) in [6.45, 7) is 9.97. The third-order valence-corrected chi connectivity index (χ3v) is 2.90. The molecular formula is C22H30N4. The molecule has 0 aliphatic heterocycles. The van der Waals surface area contributed by atoms with Gasteiger partial charge in [-0.2, -0.15) is 0 Å². The van der Waals surface area contributed by atoms with Gasteiger partial charge in [0.2, 0.25) is 0 Å². The molecule has 2 N–H and O–H groups in total. The van der Waals surface area contributed by atoms with Crippen LogP contribution < -0.4 is 0 Å². The van der Waals surface area contributed by atoms with Crippen molar-refractivity contribution in [3.8, 4) is 0 Å². The summed E-state index contributed by atoms with van der Waals surface area (Å²) in [5.41, 5.74) is 2.96. The number of aromatic nitrogens is 2. The topological polar surface area (TPSA) is 73.5 Å². The van der Waals surface area contributed by atoms with Crippen molar-refractivity contribution in [3.05, 3.63) is 72.1 Å². The average molecular weight is 351 g/mol. The third kappa shape index (κ3) is 8.29. The summed E-state index contributed by atoms with van der Waals surface area (Å²) in [4.78, 5) is 8.14. The van der Waals surface area contributed by atoms with E-state index >= 15 is 0 Å². The van der Waals surface area contributed by atoms with E-state index in [9.17, 15) is 0 Å². The molecule has 3 aromatic rings. The Morgan fingerprint density at radius 2 is 1.42 bits per heavy atom. The van der Waals surface area contributed by atoms with Crippen LogP contribution in [0, 0.1) is 10.8 Å². The summed E-state index contributed by atoms with van der Waals surface area (Å²) >= 11 is 0. The molecule has 26 heavy (non-hydrogen) atoms. The predicted octanol–water partition coefficient (Wildman–Crippen LogP) is 6.14. The zero-order chi connectivity index (χ0) is 19.8. The molecule has 0 bridgehead atoms. The highest BCUT2D eigenvalue weighted by Crippen LogP contribution is 2.06. The molecule has 3 rings (SSSR count). The van der Waals surface area contributed by atoms with Gasteiger partial charge in [-0.15, -0.1) is 0 Å². The van der Waals surface area contributed by atoms with E-state index in [1.807, 2.05) is 62.4 Å². The van der Waals surface area contributed by atoms with Crippen LogP contribution in [0.25, 0.3) is 11.0 Å². The summed E-state index contributed by atoms with van der Waals surface area (Å²) < 4.78 is 0. The molecule has 0 saturated carbocycles. The average Bonchev–Trinajstić information content (AvgIpc) is 2.70. The van der Waals surface area contributed by atoms with Crippen molar-refractivity contribution < 1.29 is 0 Å². The smallest absolute Gasteiger partial charge is 0.159 e. The van der Waals surface area contributed by atoms with E-state index in [1.165, 1.54) is 12.6 Å². The molecule has 138 valence electrons. The van der Waals surface area contributed by atoms with Crippen LogP contribution in [0.5, 0.6) is 0 Å². The summed E-state index contributed by atoms with van der Waals surface area (Å²) in [6, 6.07) is 15.2. The van der Waals surface area contributed by atoms with Crippen LogP contribution in [0.3, 0.4) is 0 Å². The molecule has 0 spiro atoms. The number of hydrogen-bond acceptors (Lipinski definition) is 4. The summed E-state index contributed by atoms with van der Waals surface area (Å²) in [5, 5.41) is 15.5. The van der Waals surface area contributed by atoms with E-state index in [0.717, 1.165) is 22.2 Å². The molecule has 4 heteroatoms. The highest BCUT2D eigenvalue weighted by Gasteiger charge is 1.98. The lowest BCUT2D eigenvalue weighted by Gasteiger charge is -2.00. The number of pyridine rings is 2. The molecule has 0 atom stereocenters. The van der Waals surface area contributed by atoms with Crippen LogP contribution in [0.2, 0.25) is 0 Å². The Balaban J connectivity index is 0.000000387. The van der Waals surface area contributed by atoms with E-state index in [-0.39, 0.29) is 0 Å². The minimum absolute atomic E-state index is 0.504. The maximum absolute atomic E-state index is 7.38. The standard InChI is InChI=1S/C9H10N2.C8H6N2.C3H8.C2H6/c1-7(11)9-5-3-2-4-8(9)6-10;1-3-7-4-2-6-10-8(7)9-5-1;1-3-2;1-2/h2-6,10-11H,1H3;1-6H;3H2,1-2H3;1-2H3. The van der Waals surface area contributed by atoms with Crippen molar-refractivity contribution in [1.82, 2.24) is 9.97 Å². The Morgan fingerprint density at radius 1 is 0.923 bits per heavy atom. The molecule has 0 aliphatic carbocycles. The van der Waals surface area contributed by atoms with Gasteiger partial charge in [0.1, 0.15) is 0 Å². The maximum atomic E-state index is 7.38. The fourth-order valence-corrected chi connectivity index (χ4v) is 1.87. The monoisotopic (exact) mass is 350 g/mol. The zero-order valence-corrected chi connectivity index (χ0v) is 16.5. The van der Waals surface area contributed by atoms with Gasteiger partial charge in [0.25, 0.3) is 0 Å². The highest BCUT2D eigenvalue weighted by molar-refractivity contribution is 6.03. The number of nitrogens with one attached hydrogen (secondary N) is 2. The SMILES string of the molecule is CC.CC(=N)c1ccccc1C=N.CCC.c1cnc2ncccc2c1. The Kier molecular flexibility index (Phi) is 12.9. The van der Waals surface area contributed by atoms with Gasteiger partial charge < -0.3 is 10.8 Å². The fraction of sp³-hybridized carbons (Fsp3) is 0.273. The minimum atomic E-state index is 0.504. The molecular weight excluding hydrogens is 320 g/mol. The lowest BCUT2D eigenvalue weighted by atomic mass is 10.1. The minimum Gasteiger partial charge on any atom is -0.308 e. The Bertz CT molecular complexity index is 716. The van der Waals surface area contributed by atoms with E-state index in [2.05, 4.69) is 23.8 Å². The van der Waals surface area contributed by atoms with Crippen LogP contribution in [-0.4, -0.2) is 21.9 Å². The molecule has 2 aromatic heterocycles. The predicted molar refractivity (Wildman–Crippen MR) is 114 cm³/mol. The normalized spacial score (nSPS) is 8.65. The van der Waals surface area contributed by atoms with Gasteiger partial charge in [-0.05, 0) is 31.2 Å². The van der Waals surface area contributed by atoms with Gasteiger partial charge in [-0.3, -0.25) is 0 Å². The number of hydrogen-bond donors (Lipinski definition) is 2. The van der Waals surface area contributed by atoms with E-state index in [1.54, 1.807) is 19.3 Å². The van der Waals surface area contributed by atoms with Crippen molar-refractivity contribution >= 4 is 23.0 Å². The molecule has 0 amide bonds. The maximum Gasteiger partial charge on any atom is 0.159 e. The number of benzene rings is 1. The van der Waals surface area contributed by atoms with E-state index in [4.69, 9.17) is 10.8 Å². The first-order chi connectivity index (χ1) is 12.6. The molecule has 0 radical (unpaired) electrons. The van der Waals surface area contributed by atoms with Gasteiger partial charge in [0, 0.05) is 40.8 Å². The van der Waals surface area contributed by atoms with Gasteiger partial charge in [0.05, 0.1) is 0 Å². The van der Waals surface area contributed by atoms with Gasteiger partial charge in [0.15, 0.2) is 5.65 Å². The molecule has 0 aliphatic rings. The number of fused-ring (bicyclic) bond motifs is 1. The Labute approximate surface area is 157 Å². The highest BCUT2D eigenvalue weighted by atomic mass is 14.8. The van der Waals surface area contributed by atoms with Crippen LogP contribution in [0.15, 0.2) is 60.9 Å². The van der Waals surface area contributed by atoms with Gasteiger partial charge in [-0.1, -0.05) is 58.4 Å². The second kappa shape index (κ2) is 14.5.